The number of hydrogen-bond donors (Lipinski definition) is 0. The molecule has 0 amide bonds. The molecule has 0 spiro atoms. The minimum absolute atomic E-state index is 0. The monoisotopic (exact) mass is 123 g/mol. The molecule has 0 atom stereocenters. The summed E-state index contributed by atoms with van der Waals surface area (Å²) < 4.78 is 0. The van der Waals surface area contributed by atoms with Gasteiger partial charge in [-0.1, -0.05) is 13.3 Å². The first-order valence-corrected chi connectivity index (χ1v) is 1.50. The maximum atomic E-state index is 9.30. The second-order valence-electron chi connectivity index (χ2n) is 0.704. The Kier molecular flexibility index (Phi) is 46.3. The van der Waals surface area contributed by atoms with Crippen LogP contribution in [0.2, 0.25) is 0 Å². The van der Waals surface area contributed by atoms with Crippen LogP contribution in [0.4, 0.5) is 0 Å². The van der Waals surface area contributed by atoms with Gasteiger partial charge in [0.2, 0.25) is 0 Å². The predicted octanol–water partition coefficient (Wildman–Crippen LogP) is -0.365. The van der Waals surface area contributed by atoms with E-state index in [9.17, 15) is 5.11 Å². The maximum absolute atomic E-state index is 9.30. The van der Waals surface area contributed by atoms with Crippen LogP contribution in [-0.4, -0.2) is 6.61 Å². The zero-order valence-electron chi connectivity index (χ0n) is 3.73. The largest absolute Gasteiger partial charge is 3.00 e. The van der Waals surface area contributed by atoms with Crippen molar-refractivity contribution >= 4 is 0 Å². The van der Waals surface area contributed by atoms with E-state index in [1.54, 1.807) is 0 Å². The van der Waals surface area contributed by atoms with Gasteiger partial charge in [-0.05, 0) is 0 Å². The molecule has 0 aliphatic carbocycles. The quantitative estimate of drug-likeness (QED) is 0.439. The van der Waals surface area contributed by atoms with E-state index in [0.717, 1.165) is 6.42 Å². The Morgan fingerprint density at radius 2 is 1.67 bits per heavy atom. The molecule has 0 aliphatic heterocycles. The van der Waals surface area contributed by atoms with Crippen LogP contribution >= 0.6 is 0 Å². The zero-order valence-corrected chi connectivity index (χ0v) is 5.29. The molecule has 0 fully saturated rings. The second kappa shape index (κ2) is 17.4. The van der Waals surface area contributed by atoms with Crippen LogP contribution in [0.15, 0.2) is 0 Å². The van der Waals surface area contributed by atoms with Gasteiger partial charge in [-0.2, -0.15) is 0 Å². The minimum atomic E-state index is 0. The smallest absolute Gasteiger partial charge is 2.00 e. The Morgan fingerprint density at radius 3 is 1.67 bits per heavy atom. The minimum Gasteiger partial charge on any atom is -2.00 e. The Bertz CT molecular complexity index is 10.8. The van der Waals surface area contributed by atoms with E-state index in [1.165, 1.54) is 0 Å². The second-order valence-corrected chi connectivity index (χ2v) is 0.704. The molecule has 3 heteroatoms. The van der Waals surface area contributed by atoms with E-state index >= 15 is 0 Å². The molecule has 0 aromatic rings. The van der Waals surface area contributed by atoms with Crippen molar-refractivity contribution in [3.05, 3.63) is 0 Å². The van der Waals surface area contributed by atoms with Gasteiger partial charge in [0, 0.05) is 0 Å². The van der Waals surface area contributed by atoms with Gasteiger partial charge in [0.25, 0.3) is 0 Å². The predicted molar refractivity (Wildman–Crippen MR) is 15.8 cm³/mol. The van der Waals surface area contributed by atoms with Crippen molar-refractivity contribution in [1.29, 1.82) is 0 Å². The normalized spacial score (nSPS) is 5.00. The summed E-state index contributed by atoms with van der Waals surface area (Å²) in [5, 5.41) is 9.30. The van der Waals surface area contributed by atoms with Crippen LogP contribution in [0.1, 0.15) is 13.3 Å². The molecule has 35 valence electrons. The van der Waals surface area contributed by atoms with Crippen molar-refractivity contribution in [3.8, 4) is 0 Å². The van der Waals surface area contributed by atoms with Crippen LogP contribution in [0.3, 0.4) is 0 Å². The summed E-state index contributed by atoms with van der Waals surface area (Å²) in [7, 11) is 0. The molecule has 2 nitrogen and oxygen atoms in total. The van der Waals surface area contributed by atoms with E-state index in [4.69, 9.17) is 0 Å². The molecule has 0 saturated heterocycles. The summed E-state index contributed by atoms with van der Waals surface area (Å²) in [6.07, 6.45) is 0.764. The van der Waals surface area contributed by atoms with Crippen LogP contribution in [-0.2, 0) is 27.2 Å². The van der Waals surface area contributed by atoms with Crippen LogP contribution < -0.4 is 5.11 Å². The molecule has 0 heterocycles. The molecule has 1 radical (unpaired) electrons. The summed E-state index contributed by atoms with van der Waals surface area (Å²) >= 11 is 0. The molecule has 0 aromatic heterocycles. The fourth-order valence-electron chi connectivity index (χ4n) is 0. The van der Waals surface area contributed by atoms with Crippen molar-refractivity contribution in [2.45, 2.75) is 13.3 Å². The van der Waals surface area contributed by atoms with Crippen LogP contribution in [0.25, 0.3) is 0 Å². The van der Waals surface area contributed by atoms with Gasteiger partial charge in [0.15, 0.2) is 0 Å². The Balaban J connectivity index is -0.0000000450. The van der Waals surface area contributed by atoms with Crippen molar-refractivity contribution in [1.82, 2.24) is 0 Å². The third-order valence-electron chi connectivity index (χ3n) is 0.204. The van der Waals surface area contributed by atoms with Gasteiger partial charge >= 0.3 is 21.7 Å². The molecular formula is C3H7O2Ti. The third-order valence-corrected chi connectivity index (χ3v) is 0.204. The van der Waals surface area contributed by atoms with Gasteiger partial charge in [-0.25, -0.2) is 0 Å². The van der Waals surface area contributed by atoms with Crippen molar-refractivity contribution in [3.63, 3.8) is 0 Å². The number of hydrogen-bond acceptors (Lipinski definition) is 1. The maximum Gasteiger partial charge on any atom is 3.00 e. The van der Waals surface area contributed by atoms with Gasteiger partial charge in [0.1, 0.15) is 0 Å². The van der Waals surface area contributed by atoms with E-state index in [-0.39, 0.29) is 33.8 Å². The van der Waals surface area contributed by atoms with Gasteiger partial charge in [-0.3, -0.25) is 0 Å². The van der Waals surface area contributed by atoms with Crippen LogP contribution in [0, 0.1) is 0 Å². The summed E-state index contributed by atoms with van der Waals surface area (Å²) in [5.74, 6) is 0. The Labute approximate surface area is 52.8 Å². The Morgan fingerprint density at radius 1 is 1.50 bits per heavy atom. The van der Waals surface area contributed by atoms with Gasteiger partial charge < -0.3 is 10.6 Å². The topological polar surface area (TPSA) is 51.6 Å². The average molecular weight is 123 g/mol. The van der Waals surface area contributed by atoms with E-state index in [1.807, 2.05) is 6.92 Å². The SMILES string of the molecule is CCC[O-].[O-2].[Ti+3]. The molecule has 0 aliphatic rings. The fraction of sp³-hybridized carbons (Fsp3) is 1.00. The number of rotatable bonds is 1. The molecule has 0 saturated carbocycles. The summed E-state index contributed by atoms with van der Waals surface area (Å²) in [6.45, 7) is 1.94. The molecule has 6 heavy (non-hydrogen) atoms. The standard InChI is InChI=1S/C3H7O.O.Ti/c1-2-3-4;;/h2-3H2,1H3;;/q-1;-2;+3. The first-order chi connectivity index (χ1) is 1.91. The first kappa shape index (κ1) is 15.9. The van der Waals surface area contributed by atoms with Gasteiger partial charge in [0.05, 0.1) is 0 Å². The molecule has 0 rings (SSSR count). The first-order valence-electron chi connectivity index (χ1n) is 1.50. The van der Waals surface area contributed by atoms with Crippen LogP contribution in [0.5, 0.6) is 0 Å². The molecular weight excluding hydrogens is 116 g/mol. The van der Waals surface area contributed by atoms with E-state index in [0.29, 0.717) is 0 Å². The van der Waals surface area contributed by atoms with Crippen molar-refractivity contribution in [2.75, 3.05) is 6.61 Å². The van der Waals surface area contributed by atoms with Gasteiger partial charge in [-0.15, -0.1) is 6.61 Å². The molecule has 0 aromatic carbocycles. The average Bonchev–Trinajstić information content (AvgIpc) is 1.37. The molecule has 0 unspecified atom stereocenters. The molecule has 0 N–H and O–H groups in total. The molecule has 0 bridgehead atoms. The fourth-order valence-corrected chi connectivity index (χ4v) is 0. The zero-order chi connectivity index (χ0) is 3.41. The Hall–Kier alpha value is 0.634. The summed E-state index contributed by atoms with van der Waals surface area (Å²) in [5.41, 5.74) is 0. The summed E-state index contributed by atoms with van der Waals surface area (Å²) in [4.78, 5) is 0. The van der Waals surface area contributed by atoms with E-state index < -0.39 is 0 Å². The van der Waals surface area contributed by atoms with Crippen molar-refractivity contribution < 1.29 is 32.3 Å². The summed E-state index contributed by atoms with van der Waals surface area (Å²) in [6, 6.07) is 0. The van der Waals surface area contributed by atoms with Crippen molar-refractivity contribution in [2.24, 2.45) is 0 Å². The van der Waals surface area contributed by atoms with E-state index in [2.05, 4.69) is 0 Å². The third kappa shape index (κ3) is 22.9.